The minimum Gasteiger partial charge on any atom is -0.339 e. The number of rotatable bonds is 6. The third kappa shape index (κ3) is 3.64. The highest BCUT2D eigenvalue weighted by atomic mass is 16.5. The highest BCUT2D eigenvalue weighted by molar-refractivity contribution is 5.09. The maximum atomic E-state index is 8.89. The maximum Gasteiger partial charge on any atom is 0.227 e. The average molecular weight is 270 g/mol. The first kappa shape index (κ1) is 14.2. The number of nitrogens with zero attached hydrogens (tertiary/aromatic N) is 4. The van der Waals surface area contributed by atoms with Gasteiger partial charge in [0.05, 0.1) is 12.5 Å². The van der Waals surface area contributed by atoms with Crippen molar-refractivity contribution < 1.29 is 4.52 Å². The number of hydrogen-bond acceptors (Lipinski definition) is 5. The van der Waals surface area contributed by atoms with Crippen molar-refractivity contribution in [2.24, 2.45) is 5.41 Å². The third-order valence-corrected chi connectivity index (χ3v) is 3.51. The van der Waals surface area contributed by atoms with Gasteiger partial charge in [0, 0.05) is 24.7 Å². The highest BCUT2D eigenvalue weighted by Crippen LogP contribution is 2.29. The monoisotopic (exact) mass is 270 g/mol. The van der Waals surface area contributed by atoms with Crippen LogP contribution in [-0.2, 0) is 12.8 Å². The van der Waals surface area contributed by atoms with Gasteiger partial charge in [-0.05, 0) is 24.0 Å². The Morgan fingerprint density at radius 3 is 2.90 bits per heavy atom. The van der Waals surface area contributed by atoms with Crippen molar-refractivity contribution in [3.8, 4) is 6.07 Å². The topological polar surface area (TPSA) is 75.6 Å². The third-order valence-electron chi connectivity index (χ3n) is 3.51. The first-order valence-corrected chi connectivity index (χ1v) is 6.73. The summed E-state index contributed by atoms with van der Waals surface area (Å²) in [5.41, 5.74) is 0.805. The van der Waals surface area contributed by atoms with E-state index in [1.165, 1.54) is 0 Å². The van der Waals surface area contributed by atoms with Crippen molar-refractivity contribution in [2.45, 2.75) is 39.5 Å². The molecule has 2 aromatic rings. The van der Waals surface area contributed by atoms with Crippen molar-refractivity contribution in [3.63, 3.8) is 0 Å². The van der Waals surface area contributed by atoms with Gasteiger partial charge in [-0.3, -0.25) is 4.98 Å². The molecule has 2 aromatic heterocycles. The minimum atomic E-state index is -0.108. The summed E-state index contributed by atoms with van der Waals surface area (Å²) < 4.78 is 5.28. The zero-order valence-electron chi connectivity index (χ0n) is 11.8. The van der Waals surface area contributed by atoms with Crippen LogP contribution < -0.4 is 0 Å². The zero-order valence-corrected chi connectivity index (χ0v) is 11.8. The summed E-state index contributed by atoms with van der Waals surface area (Å²) >= 11 is 0. The molecule has 104 valence electrons. The summed E-state index contributed by atoms with van der Waals surface area (Å²) in [6, 6.07) is 7.97. The molecule has 2 rings (SSSR count). The smallest absolute Gasteiger partial charge is 0.227 e. The van der Waals surface area contributed by atoms with Crippen LogP contribution in [0.15, 0.2) is 28.9 Å². The van der Waals surface area contributed by atoms with Crippen LogP contribution in [0, 0.1) is 16.7 Å². The van der Waals surface area contributed by atoms with Crippen LogP contribution in [0.2, 0.25) is 0 Å². The van der Waals surface area contributed by atoms with Crippen molar-refractivity contribution >= 4 is 0 Å². The van der Waals surface area contributed by atoms with Gasteiger partial charge < -0.3 is 4.52 Å². The molecule has 0 aliphatic carbocycles. The van der Waals surface area contributed by atoms with Gasteiger partial charge in [-0.25, -0.2) is 0 Å². The quantitative estimate of drug-likeness (QED) is 0.806. The van der Waals surface area contributed by atoms with Crippen molar-refractivity contribution in [1.29, 1.82) is 5.26 Å². The van der Waals surface area contributed by atoms with E-state index in [2.05, 4.69) is 35.0 Å². The predicted octanol–water partition coefficient (Wildman–Crippen LogP) is 2.93. The second kappa shape index (κ2) is 6.29. The Bertz CT molecular complexity index is 587. The van der Waals surface area contributed by atoms with Gasteiger partial charge in [-0.15, -0.1) is 0 Å². The molecule has 5 nitrogen and oxygen atoms in total. The van der Waals surface area contributed by atoms with E-state index in [0.717, 1.165) is 12.1 Å². The molecule has 0 aliphatic heterocycles. The lowest BCUT2D eigenvalue weighted by atomic mass is 9.81. The Balaban J connectivity index is 2.04. The standard InChI is InChI=1S/C15H18N4O/c1-3-15(2,7-8-16)11-14-18-13(19-20-14)10-12-6-4-5-9-17-12/h4-6,9H,3,7,10-11H2,1-2H3. The van der Waals surface area contributed by atoms with E-state index in [-0.39, 0.29) is 5.41 Å². The van der Waals surface area contributed by atoms with Crippen LogP contribution >= 0.6 is 0 Å². The summed E-state index contributed by atoms with van der Waals surface area (Å²) in [4.78, 5) is 8.63. The highest BCUT2D eigenvalue weighted by Gasteiger charge is 2.25. The first-order chi connectivity index (χ1) is 9.65. The largest absolute Gasteiger partial charge is 0.339 e. The molecule has 1 unspecified atom stereocenters. The summed E-state index contributed by atoms with van der Waals surface area (Å²) in [5.74, 6) is 1.23. The van der Waals surface area contributed by atoms with Crippen LogP contribution in [0.3, 0.4) is 0 Å². The van der Waals surface area contributed by atoms with Gasteiger partial charge in [-0.1, -0.05) is 25.1 Å². The van der Waals surface area contributed by atoms with Crippen molar-refractivity contribution in [3.05, 3.63) is 41.8 Å². The fraction of sp³-hybridized carbons (Fsp3) is 0.467. The minimum absolute atomic E-state index is 0.108. The zero-order chi connectivity index (χ0) is 14.4. The van der Waals surface area contributed by atoms with Gasteiger partial charge in [-0.2, -0.15) is 10.2 Å². The van der Waals surface area contributed by atoms with E-state index in [0.29, 0.717) is 31.0 Å². The van der Waals surface area contributed by atoms with Crippen LogP contribution in [0.25, 0.3) is 0 Å². The number of hydrogen-bond donors (Lipinski definition) is 0. The molecule has 0 radical (unpaired) electrons. The second-order valence-electron chi connectivity index (χ2n) is 5.28. The van der Waals surface area contributed by atoms with E-state index in [4.69, 9.17) is 9.78 Å². The Kier molecular flexibility index (Phi) is 4.46. The lowest BCUT2D eigenvalue weighted by molar-refractivity contribution is 0.265. The molecular weight excluding hydrogens is 252 g/mol. The fourth-order valence-electron chi connectivity index (χ4n) is 1.97. The summed E-state index contributed by atoms with van der Waals surface area (Å²) in [5, 5.41) is 12.9. The second-order valence-corrected chi connectivity index (χ2v) is 5.28. The van der Waals surface area contributed by atoms with Crippen LogP contribution in [0.4, 0.5) is 0 Å². The van der Waals surface area contributed by atoms with E-state index in [9.17, 15) is 0 Å². The molecule has 0 aromatic carbocycles. The molecule has 0 bridgehead atoms. The van der Waals surface area contributed by atoms with Crippen molar-refractivity contribution in [2.75, 3.05) is 0 Å². The molecule has 20 heavy (non-hydrogen) atoms. The molecule has 0 saturated carbocycles. The molecule has 0 amide bonds. The molecule has 0 saturated heterocycles. The Morgan fingerprint density at radius 2 is 2.25 bits per heavy atom. The molecule has 5 heteroatoms. The number of pyridine rings is 1. The Hall–Kier alpha value is -2.22. The molecule has 0 aliphatic rings. The molecule has 0 fully saturated rings. The molecule has 0 N–H and O–H groups in total. The van der Waals surface area contributed by atoms with Crippen LogP contribution in [-0.4, -0.2) is 15.1 Å². The molecular formula is C15H18N4O. The predicted molar refractivity (Wildman–Crippen MR) is 73.7 cm³/mol. The lowest BCUT2D eigenvalue weighted by Crippen LogP contribution is -2.18. The average Bonchev–Trinajstić information content (AvgIpc) is 2.87. The van der Waals surface area contributed by atoms with Gasteiger partial charge in [0.25, 0.3) is 0 Å². The Morgan fingerprint density at radius 1 is 1.40 bits per heavy atom. The summed E-state index contributed by atoms with van der Waals surface area (Å²) in [6.07, 6.45) is 4.33. The van der Waals surface area contributed by atoms with Gasteiger partial charge >= 0.3 is 0 Å². The van der Waals surface area contributed by atoms with Crippen LogP contribution in [0.5, 0.6) is 0 Å². The van der Waals surface area contributed by atoms with Crippen LogP contribution in [0.1, 0.15) is 44.1 Å². The fourth-order valence-corrected chi connectivity index (χ4v) is 1.97. The maximum absolute atomic E-state index is 8.89. The van der Waals surface area contributed by atoms with Gasteiger partial charge in [0.15, 0.2) is 5.82 Å². The first-order valence-electron chi connectivity index (χ1n) is 6.73. The molecule has 2 heterocycles. The summed E-state index contributed by atoms with van der Waals surface area (Å²) in [6.45, 7) is 4.14. The van der Waals surface area contributed by atoms with E-state index < -0.39 is 0 Å². The SMILES string of the molecule is CCC(C)(CC#N)Cc1nc(Cc2ccccn2)no1. The number of aromatic nitrogens is 3. The van der Waals surface area contributed by atoms with E-state index in [1.807, 2.05) is 18.2 Å². The van der Waals surface area contributed by atoms with Gasteiger partial charge in [0.2, 0.25) is 5.89 Å². The van der Waals surface area contributed by atoms with Crippen molar-refractivity contribution in [1.82, 2.24) is 15.1 Å². The lowest BCUT2D eigenvalue weighted by Gasteiger charge is -2.22. The summed E-state index contributed by atoms with van der Waals surface area (Å²) in [7, 11) is 0. The van der Waals surface area contributed by atoms with Gasteiger partial charge in [0.1, 0.15) is 0 Å². The normalized spacial score (nSPS) is 13.7. The molecule has 0 spiro atoms. The number of nitriles is 1. The van der Waals surface area contributed by atoms with E-state index in [1.54, 1.807) is 6.20 Å². The van der Waals surface area contributed by atoms with E-state index >= 15 is 0 Å². The Labute approximate surface area is 118 Å². The molecule has 1 atom stereocenters.